The number of carboxylic acid groups (broad SMARTS) is 1. The highest BCUT2D eigenvalue weighted by Crippen LogP contribution is 2.38. The number of carbonyl (C=O) groups is 3. The lowest BCUT2D eigenvalue weighted by Crippen LogP contribution is -2.62. The van der Waals surface area contributed by atoms with Gasteiger partial charge in [-0.2, -0.15) is 0 Å². The van der Waals surface area contributed by atoms with Gasteiger partial charge >= 0.3 is 5.97 Å². The van der Waals surface area contributed by atoms with Gasteiger partial charge < -0.3 is 29.7 Å². The number of benzene rings is 3. The molecule has 0 radical (unpaired) electrons. The first-order valence-electron chi connectivity index (χ1n) is 16.4. The topological polar surface area (TPSA) is 108 Å². The van der Waals surface area contributed by atoms with E-state index >= 15 is 0 Å². The van der Waals surface area contributed by atoms with E-state index in [4.69, 9.17) is 14.6 Å². The van der Waals surface area contributed by atoms with Crippen LogP contribution in [0.3, 0.4) is 0 Å². The molecule has 6 rings (SSSR count). The molecule has 1 saturated heterocycles. The van der Waals surface area contributed by atoms with Gasteiger partial charge in [-0.15, -0.1) is 0 Å². The third-order valence-corrected chi connectivity index (χ3v) is 9.48. The molecule has 2 bridgehead atoms. The Bertz CT molecular complexity index is 1660. The van der Waals surface area contributed by atoms with Crippen LogP contribution in [0.2, 0.25) is 0 Å². The molecule has 11 heteroatoms. The van der Waals surface area contributed by atoms with Crippen LogP contribution in [0.5, 0.6) is 11.5 Å². The van der Waals surface area contributed by atoms with E-state index in [0.29, 0.717) is 49.6 Å². The molecule has 48 heavy (non-hydrogen) atoms. The first-order chi connectivity index (χ1) is 23.2. The number of halogens is 2. The maximum Gasteiger partial charge on any atom is 0.303 e. The fourth-order valence-corrected chi connectivity index (χ4v) is 6.70. The van der Waals surface area contributed by atoms with E-state index in [9.17, 15) is 18.8 Å². The Balaban J connectivity index is 1.22. The van der Waals surface area contributed by atoms with Gasteiger partial charge in [-0.25, -0.2) is 4.39 Å². The van der Waals surface area contributed by atoms with Crippen LogP contribution < -0.4 is 14.8 Å². The summed E-state index contributed by atoms with van der Waals surface area (Å²) in [6, 6.07) is 21.4. The van der Waals surface area contributed by atoms with Crippen LogP contribution in [-0.4, -0.2) is 77.1 Å². The summed E-state index contributed by atoms with van der Waals surface area (Å²) < 4.78 is 27.4. The molecule has 1 saturated carbocycles. The summed E-state index contributed by atoms with van der Waals surface area (Å²) in [5.74, 6) is -0.107. The van der Waals surface area contributed by atoms with Gasteiger partial charge in [-0.3, -0.25) is 14.4 Å². The van der Waals surface area contributed by atoms with E-state index < -0.39 is 12.0 Å². The molecule has 3 aromatic carbocycles. The zero-order chi connectivity index (χ0) is 33.6. The quantitative estimate of drug-likeness (QED) is 0.202. The summed E-state index contributed by atoms with van der Waals surface area (Å²) in [5.41, 5.74) is 2.87. The summed E-state index contributed by atoms with van der Waals surface area (Å²) in [6.07, 6.45) is 2.58. The average molecular weight is 721 g/mol. The highest BCUT2D eigenvalue weighted by molar-refractivity contribution is 9.10. The molecule has 0 unspecified atom stereocenters. The Hall–Kier alpha value is -4.22. The molecule has 3 aliphatic rings. The Morgan fingerprint density at radius 1 is 0.917 bits per heavy atom. The van der Waals surface area contributed by atoms with Crippen LogP contribution in [0.25, 0.3) is 5.57 Å². The van der Waals surface area contributed by atoms with Gasteiger partial charge in [0.2, 0.25) is 5.91 Å². The van der Waals surface area contributed by atoms with Crippen LogP contribution >= 0.6 is 15.9 Å². The number of fused-ring (bicyclic) bond motifs is 2. The van der Waals surface area contributed by atoms with E-state index in [-0.39, 0.29) is 55.5 Å². The Morgan fingerprint density at radius 3 is 2.23 bits per heavy atom. The number of nitrogens with zero attached hydrogens (tertiary/aromatic N) is 2. The number of hydrogen-bond acceptors (Lipinski definition) is 6. The molecule has 2 amide bonds. The third-order valence-electron chi connectivity index (χ3n) is 8.95. The van der Waals surface area contributed by atoms with Crippen LogP contribution in [0.4, 0.5) is 4.39 Å². The van der Waals surface area contributed by atoms with Crippen molar-refractivity contribution in [3.05, 3.63) is 99.8 Å². The Morgan fingerprint density at radius 2 is 1.58 bits per heavy atom. The van der Waals surface area contributed by atoms with Crippen LogP contribution in [0.15, 0.2) is 82.8 Å². The van der Waals surface area contributed by atoms with Crippen molar-refractivity contribution in [2.24, 2.45) is 0 Å². The van der Waals surface area contributed by atoms with Gasteiger partial charge in [0.25, 0.3) is 5.91 Å². The maximum atomic E-state index is 14.8. The summed E-state index contributed by atoms with van der Waals surface area (Å²) in [6.45, 7) is 1.67. The van der Waals surface area contributed by atoms with Gasteiger partial charge in [0, 0.05) is 60.2 Å². The van der Waals surface area contributed by atoms with Crippen LogP contribution in [-0.2, 0) is 20.9 Å². The third kappa shape index (κ3) is 8.43. The van der Waals surface area contributed by atoms with Crippen molar-refractivity contribution in [1.82, 2.24) is 15.1 Å². The van der Waals surface area contributed by atoms with E-state index in [0.717, 1.165) is 34.2 Å². The lowest BCUT2D eigenvalue weighted by molar-refractivity contribution is -0.138. The van der Waals surface area contributed by atoms with Gasteiger partial charge in [0.05, 0.1) is 6.04 Å². The minimum Gasteiger partial charge on any atom is -0.490 e. The zero-order valence-electron chi connectivity index (χ0n) is 26.6. The molecular weight excluding hydrogens is 681 g/mol. The Kier molecular flexibility index (Phi) is 10.8. The number of ether oxygens (including phenoxy) is 2. The molecule has 2 atom stereocenters. The largest absolute Gasteiger partial charge is 0.490 e. The number of aliphatic carboxylic acids is 1. The van der Waals surface area contributed by atoms with Crippen molar-refractivity contribution in [3.8, 4) is 11.5 Å². The number of carboxylic acids is 1. The van der Waals surface area contributed by atoms with Gasteiger partial charge in [0.15, 0.2) is 0 Å². The second kappa shape index (κ2) is 15.3. The van der Waals surface area contributed by atoms with Gasteiger partial charge in [-0.1, -0.05) is 46.3 Å². The molecule has 252 valence electrons. The average Bonchev–Trinajstić information content (AvgIpc) is 3.92. The molecule has 2 N–H and O–H groups in total. The Labute approximate surface area is 287 Å². The lowest BCUT2D eigenvalue weighted by Gasteiger charge is -2.45. The first kappa shape index (κ1) is 33.7. The molecule has 3 aromatic rings. The van der Waals surface area contributed by atoms with Crippen molar-refractivity contribution in [2.75, 3.05) is 26.3 Å². The van der Waals surface area contributed by atoms with Gasteiger partial charge in [0.1, 0.15) is 30.5 Å². The van der Waals surface area contributed by atoms with Crippen LogP contribution in [0.1, 0.15) is 49.7 Å². The molecule has 1 aliphatic carbocycles. The van der Waals surface area contributed by atoms with Crippen molar-refractivity contribution in [1.29, 1.82) is 0 Å². The number of rotatable bonds is 14. The zero-order valence-corrected chi connectivity index (χ0v) is 28.2. The molecule has 0 spiro atoms. The van der Waals surface area contributed by atoms with E-state index in [1.54, 1.807) is 28.0 Å². The predicted molar refractivity (Wildman–Crippen MR) is 182 cm³/mol. The lowest BCUT2D eigenvalue weighted by atomic mass is 9.82. The SMILES string of the molecule is O=C(O)CCCC(=O)N1C[C@H]2CC(c3ccc(OCCOc4ccc(Br)cc4)cc3)=C(C(=O)N(Cc3ccccc3F)C3CC3)[C@@H](C1)N2. The fourth-order valence-electron chi connectivity index (χ4n) is 6.44. The van der Waals surface area contributed by atoms with Crippen molar-refractivity contribution in [3.63, 3.8) is 0 Å². The molecule has 2 aliphatic heterocycles. The molecule has 2 heterocycles. The highest BCUT2D eigenvalue weighted by atomic mass is 79.9. The normalized spacial score (nSPS) is 18.8. The molecule has 2 fully saturated rings. The maximum absolute atomic E-state index is 14.8. The number of piperazine rings is 1. The fraction of sp³-hybridized carbons (Fsp3) is 0.378. The number of hydrogen-bond donors (Lipinski definition) is 2. The highest BCUT2D eigenvalue weighted by Gasteiger charge is 2.43. The monoisotopic (exact) mass is 719 g/mol. The van der Waals surface area contributed by atoms with E-state index in [2.05, 4.69) is 21.2 Å². The summed E-state index contributed by atoms with van der Waals surface area (Å²) >= 11 is 3.42. The second-order valence-corrected chi connectivity index (χ2v) is 13.4. The van der Waals surface area contributed by atoms with Gasteiger partial charge in [-0.05, 0) is 79.3 Å². The van der Waals surface area contributed by atoms with E-state index in [1.165, 1.54) is 6.07 Å². The number of carbonyl (C=O) groups excluding carboxylic acids is 2. The second-order valence-electron chi connectivity index (χ2n) is 12.5. The standard InChI is InChI=1S/C37H39BrFN3O6/c38-26-10-16-30(17-11-26)48-19-18-47-29-14-8-24(9-15-29)31-20-27-22-41(34(43)6-3-7-35(44)45)23-33(40-27)36(31)37(46)42(28-12-13-28)21-25-4-1-2-5-32(25)39/h1-2,4-5,8-11,14-17,27-28,33,40H,3,6-7,12-13,18-23H2,(H,44,45)/t27-,33-/m1/s1. The number of nitrogens with one attached hydrogen (secondary N) is 1. The summed E-state index contributed by atoms with van der Waals surface area (Å²) in [5, 5.41) is 12.6. The minimum atomic E-state index is -0.930. The molecule has 0 aromatic heterocycles. The van der Waals surface area contributed by atoms with E-state index in [1.807, 2.05) is 48.5 Å². The van der Waals surface area contributed by atoms with Crippen molar-refractivity contribution < 1.29 is 33.4 Å². The van der Waals surface area contributed by atoms with Crippen LogP contribution in [0, 0.1) is 5.82 Å². The molecular formula is C37H39BrFN3O6. The summed E-state index contributed by atoms with van der Waals surface area (Å²) in [7, 11) is 0. The first-order valence-corrected chi connectivity index (χ1v) is 17.2. The molecule has 9 nitrogen and oxygen atoms in total. The summed E-state index contributed by atoms with van der Waals surface area (Å²) in [4.78, 5) is 42.3. The number of amides is 2. The van der Waals surface area contributed by atoms with Crippen molar-refractivity contribution in [2.45, 2.75) is 63.2 Å². The predicted octanol–water partition coefficient (Wildman–Crippen LogP) is 5.82. The van der Waals surface area contributed by atoms with Crippen molar-refractivity contribution >= 4 is 39.3 Å². The minimum absolute atomic E-state index is 0.0244. The smallest absolute Gasteiger partial charge is 0.303 e.